The predicted molar refractivity (Wildman–Crippen MR) is 108 cm³/mol. The molecule has 0 saturated carbocycles. The Bertz CT molecular complexity index is 1180. The van der Waals surface area contributed by atoms with E-state index in [9.17, 15) is 17.6 Å². The van der Waals surface area contributed by atoms with Crippen LogP contribution in [0.3, 0.4) is 0 Å². The lowest BCUT2D eigenvalue weighted by atomic mass is 10.1. The van der Waals surface area contributed by atoms with E-state index < -0.39 is 22.0 Å². The molecule has 3 rings (SSSR count). The van der Waals surface area contributed by atoms with Gasteiger partial charge in [-0.15, -0.1) is 0 Å². The zero-order valence-electron chi connectivity index (χ0n) is 16.9. The SMILES string of the molecule is CC(C)c1nc(COC(N)=O)n(Cc2ccccn2)c1S(=O)(=O)Oc1cccc(F)c1. The summed E-state index contributed by atoms with van der Waals surface area (Å²) < 4.78 is 51.4. The number of primary amides is 1. The molecule has 0 spiro atoms. The first-order valence-corrected chi connectivity index (χ1v) is 10.7. The standard InChI is InChI=1S/C20H21FN4O5S/c1-13(2)18-19(31(27,28)30-16-8-5-6-14(21)10-16)25(11-15-7-3-4-9-23-15)17(24-18)12-29-20(22)26/h3-10,13H,11-12H2,1-2H3,(H2,22,26). The summed E-state index contributed by atoms with van der Waals surface area (Å²) in [6.07, 6.45) is 0.533. The minimum Gasteiger partial charge on any atom is -0.442 e. The summed E-state index contributed by atoms with van der Waals surface area (Å²) in [4.78, 5) is 19.7. The number of halogens is 1. The van der Waals surface area contributed by atoms with Gasteiger partial charge in [0.2, 0.25) is 0 Å². The molecule has 164 valence electrons. The predicted octanol–water partition coefficient (Wildman–Crippen LogP) is 2.95. The van der Waals surface area contributed by atoms with Gasteiger partial charge >= 0.3 is 16.2 Å². The van der Waals surface area contributed by atoms with E-state index in [2.05, 4.69) is 9.97 Å². The number of amides is 1. The number of ether oxygens (including phenoxy) is 1. The van der Waals surface area contributed by atoms with Crippen molar-refractivity contribution in [3.05, 3.63) is 71.7 Å². The number of rotatable bonds is 8. The highest BCUT2D eigenvalue weighted by atomic mass is 32.2. The number of nitrogens with zero attached hydrogens (tertiary/aromatic N) is 3. The summed E-state index contributed by atoms with van der Waals surface area (Å²) in [7, 11) is -4.44. The largest absolute Gasteiger partial charge is 0.442 e. The Morgan fingerprint density at radius 1 is 1.23 bits per heavy atom. The minimum atomic E-state index is -4.44. The van der Waals surface area contributed by atoms with Crippen molar-refractivity contribution >= 4 is 16.2 Å². The molecule has 9 nitrogen and oxygen atoms in total. The van der Waals surface area contributed by atoms with Crippen LogP contribution in [-0.2, 0) is 28.0 Å². The highest BCUT2D eigenvalue weighted by molar-refractivity contribution is 7.87. The van der Waals surface area contributed by atoms with Gasteiger partial charge in [0.15, 0.2) is 11.6 Å². The van der Waals surface area contributed by atoms with E-state index >= 15 is 0 Å². The summed E-state index contributed by atoms with van der Waals surface area (Å²) in [6.45, 7) is 3.18. The number of carbonyl (C=O) groups excluding carboxylic acids is 1. The second-order valence-electron chi connectivity index (χ2n) is 6.88. The summed E-state index contributed by atoms with van der Waals surface area (Å²) in [6, 6.07) is 9.97. The maximum atomic E-state index is 13.5. The second kappa shape index (κ2) is 9.13. The highest BCUT2D eigenvalue weighted by Crippen LogP contribution is 2.29. The van der Waals surface area contributed by atoms with Gasteiger partial charge in [-0.1, -0.05) is 26.0 Å². The molecule has 0 unspecified atom stereocenters. The fourth-order valence-electron chi connectivity index (χ4n) is 2.89. The van der Waals surface area contributed by atoms with Crippen LogP contribution in [0.15, 0.2) is 53.7 Å². The van der Waals surface area contributed by atoms with E-state index in [1.54, 1.807) is 38.2 Å². The lowest BCUT2D eigenvalue weighted by molar-refractivity contribution is 0.145. The van der Waals surface area contributed by atoms with E-state index in [0.29, 0.717) is 5.69 Å². The number of hydrogen-bond donors (Lipinski definition) is 1. The number of benzene rings is 1. The van der Waals surface area contributed by atoms with Gasteiger partial charge in [-0.25, -0.2) is 14.2 Å². The maximum Gasteiger partial charge on any atom is 0.404 e. The van der Waals surface area contributed by atoms with Gasteiger partial charge in [-0.2, -0.15) is 8.42 Å². The van der Waals surface area contributed by atoms with Gasteiger partial charge in [-0.3, -0.25) is 4.98 Å². The third-order valence-electron chi connectivity index (χ3n) is 4.20. The Balaban J connectivity index is 2.14. The van der Waals surface area contributed by atoms with Crippen LogP contribution in [0.2, 0.25) is 0 Å². The molecule has 2 N–H and O–H groups in total. The van der Waals surface area contributed by atoms with Crippen LogP contribution in [0.5, 0.6) is 5.75 Å². The van der Waals surface area contributed by atoms with Crippen LogP contribution in [0, 0.1) is 5.82 Å². The monoisotopic (exact) mass is 448 g/mol. The molecule has 1 amide bonds. The number of aromatic nitrogens is 3. The average molecular weight is 448 g/mol. The molecule has 0 bridgehead atoms. The van der Waals surface area contributed by atoms with Crippen molar-refractivity contribution < 1.29 is 26.5 Å². The first kappa shape index (κ1) is 22.2. The molecule has 3 aromatic rings. The quantitative estimate of drug-likeness (QED) is 0.525. The smallest absolute Gasteiger partial charge is 0.404 e. The first-order valence-electron chi connectivity index (χ1n) is 9.29. The third-order valence-corrected chi connectivity index (χ3v) is 5.52. The highest BCUT2D eigenvalue weighted by Gasteiger charge is 2.32. The molecule has 0 aliphatic rings. The molecule has 0 radical (unpaired) electrons. The van der Waals surface area contributed by atoms with Crippen molar-refractivity contribution in [1.82, 2.24) is 14.5 Å². The Morgan fingerprint density at radius 3 is 2.61 bits per heavy atom. The average Bonchev–Trinajstić information content (AvgIpc) is 3.06. The zero-order valence-corrected chi connectivity index (χ0v) is 17.7. The normalized spacial score (nSPS) is 11.5. The Morgan fingerprint density at radius 2 is 2.00 bits per heavy atom. The molecular weight excluding hydrogens is 427 g/mol. The summed E-state index contributed by atoms with van der Waals surface area (Å²) >= 11 is 0. The Labute approximate surface area is 178 Å². The number of carbonyl (C=O) groups is 1. The molecule has 2 aromatic heterocycles. The Hall–Kier alpha value is -3.47. The molecule has 11 heteroatoms. The van der Waals surface area contributed by atoms with Crippen LogP contribution in [0.25, 0.3) is 0 Å². The molecule has 1 aromatic carbocycles. The molecule has 0 aliphatic heterocycles. The molecule has 0 fully saturated rings. The van der Waals surface area contributed by atoms with Crippen LogP contribution in [0.4, 0.5) is 9.18 Å². The van der Waals surface area contributed by atoms with Crippen molar-refractivity contribution in [2.24, 2.45) is 5.73 Å². The molecule has 0 saturated heterocycles. The number of nitrogens with two attached hydrogens (primary N) is 1. The first-order chi connectivity index (χ1) is 14.7. The summed E-state index contributed by atoms with van der Waals surface area (Å²) in [5, 5.41) is -0.236. The summed E-state index contributed by atoms with van der Waals surface area (Å²) in [5.41, 5.74) is 5.80. The fourth-order valence-corrected chi connectivity index (χ4v) is 4.30. The van der Waals surface area contributed by atoms with Gasteiger partial charge in [0.05, 0.1) is 17.9 Å². The van der Waals surface area contributed by atoms with E-state index in [-0.39, 0.29) is 41.4 Å². The third kappa shape index (κ3) is 5.37. The maximum absolute atomic E-state index is 13.5. The molecule has 31 heavy (non-hydrogen) atoms. The molecule has 0 atom stereocenters. The van der Waals surface area contributed by atoms with E-state index in [1.807, 2.05) is 0 Å². The van der Waals surface area contributed by atoms with Gasteiger partial charge in [0.25, 0.3) is 0 Å². The topological polar surface area (TPSA) is 126 Å². The van der Waals surface area contributed by atoms with Crippen LogP contribution >= 0.6 is 0 Å². The number of hydrogen-bond acceptors (Lipinski definition) is 7. The van der Waals surface area contributed by atoms with Crippen molar-refractivity contribution in [1.29, 1.82) is 0 Å². The van der Waals surface area contributed by atoms with Crippen molar-refractivity contribution in [3.63, 3.8) is 0 Å². The molecular formula is C20H21FN4O5S. The second-order valence-corrected chi connectivity index (χ2v) is 8.34. The van der Waals surface area contributed by atoms with Gasteiger partial charge in [0, 0.05) is 12.3 Å². The minimum absolute atomic E-state index is 0.0130. The molecule has 0 aliphatic carbocycles. The van der Waals surface area contributed by atoms with Crippen LogP contribution in [-0.4, -0.2) is 29.0 Å². The van der Waals surface area contributed by atoms with Crippen LogP contribution < -0.4 is 9.92 Å². The van der Waals surface area contributed by atoms with Gasteiger partial charge in [0.1, 0.15) is 17.4 Å². The number of imidazole rings is 1. The van der Waals surface area contributed by atoms with E-state index in [4.69, 9.17) is 14.7 Å². The fraction of sp³-hybridized carbons (Fsp3) is 0.250. The lowest BCUT2D eigenvalue weighted by Gasteiger charge is -2.14. The van der Waals surface area contributed by atoms with Crippen LogP contribution in [0.1, 0.15) is 37.0 Å². The van der Waals surface area contributed by atoms with Crippen molar-refractivity contribution in [3.8, 4) is 5.75 Å². The molecule has 2 heterocycles. The summed E-state index contributed by atoms with van der Waals surface area (Å²) in [5.74, 6) is -1.00. The van der Waals surface area contributed by atoms with Crippen molar-refractivity contribution in [2.45, 2.75) is 37.9 Å². The van der Waals surface area contributed by atoms with E-state index in [0.717, 1.165) is 6.07 Å². The Kier molecular flexibility index (Phi) is 6.54. The van der Waals surface area contributed by atoms with Gasteiger partial charge < -0.3 is 19.2 Å². The zero-order chi connectivity index (χ0) is 22.6. The van der Waals surface area contributed by atoms with E-state index in [1.165, 1.54) is 22.8 Å². The number of pyridine rings is 1. The lowest BCUT2D eigenvalue weighted by Crippen LogP contribution is -2.20. The van der Waals surface area contributed by atoms with Gasteiger partial charge in [-0.05, 0) is 30.2 Å². The van der Waals surface area contributed by atoms with Crippen molar-refractivity contribution in [2.75, 3.05) is 0 Å².